The summed E-state index contributed by atoms with van der Waals surface area (Å²) in [6.45, 7) is 4.69. The molecule has 1 aromatic rings. The Morgan fingerprint density at radius 1 is 1.40 bits per heavy atom. The van der Waals surface area contributed by atoms with Crippen molar-refractivity contribution < 1.29 is 4.79 Å². The lowest BCUT2D eigenvalue weighted by Gasteiger charge is -2.25. The van der Waals surface area contributed by atoms with Crippen LogP contribution in [0.25, 0.3) is 0 Å². The molecule has 4 nitrogen and oxygen atoms in total. The number of likely N-dealkylation sites (tertiary alicyclic amines) is 1. The van der Waals surface area contributed by atoms with Gasteiger partial charge in [0.1, 0.15) is 5.78 Å². The molecule has 0 bridgehead atoms. The quantitative estimate of drug-likeness (QED) is 0.723. The molecule has 2 heterocycles. The maximum atomic E-state index is 11.1. The average molecular weight is 207 g/mol. The Balaban J connectivity index is 1.97. The first kappa shape index (κ1) is 10.4. The molecular weight excluding hydrogens is 190 g/mol. The number of carbonyl (C=O) groups is 1. The van der Waals surface area contributed by atoms with Crippen LogP contribution in [0.5, 0.6) is 0 Å². The first-order valence-electron chi connectivity index (χ1n) is 5.39. The molecule has 4 heteroatoms. The molecule has 1 aliphatic heterocycles. The van der Waals surface area contributed by atoms with E-state index in [9.17, 15) is 4.79 Å². The van der Waals surface area contributed by atoms with Gasteiger partial charge in [-0.05, 0) is 13.0 Å². The summed E-state index contributed by atoms with van der Waals surface area (Å²) in [6, 6.07) is 2.11. The lowest BCUT2D eigenvalue weighted by Crippen LogP contribution is -2.33. The molecule has 0 spiro atoms. The molecule has 15 heavy (non-hydrogen) atoms. The summed E-state index contributed by atoms with van der Waals surface area (Å²) in [4.78, 5) is 13.4. The van der Waals surface area contributed by atoms with E-state index in [1.54, 1.807) is 0 Å². The predicted octanol–water partition coefficient (Wildman–Crippen LogP) is 0.893. The van der Waals surface area contributed by atoms with Crippen LogP contribution in [-0.4, -0.2) is 33.6 Å². The molecule has 0 atom stereocenters. The zero-order valence-electron chi connectivity index (χ0n) is 9.36. The summed E-state index contributed by atoms with van der Waals surface area (Å²) in [7, 11) is 1.97. The van der Waals surface area contributed by atoms with Crippen LogP contribution in [0.3, 0.4) is 0 Å². The van der Waals surface area contributed by atoms with Gasteiger partial charge < -0.3 is 0 Å². The molecular formula is C11H17N3O. The molecule has 2 rings (SSSR count). The van der Waals surface area contributed by atoms with E-state index < -0.39 is 0 Å². The fraction of sp³-hybridized carbons (Fsp3) is 0.636. The van der Waals surface area contributed by atoms with Crippen molar-refractivity contribution in [1.29, 1.82) is 0 Å². The topological polar surface area (TPSA) is 38.1 Å². The number of aromatic nitrogens is 2. The number of rotatable bonds is 2. The van der Waals surface area contributed by atoms with Crippen LogP contribution in [0.1, 0.15) is 24.2 Å². The second-order valence-corrected chi connectivity index (χ2v) is 4.22. The third kappa shape index (κ3) is 2.45. The Labute approximate surface area is 89.9 Å². The monoisotopic (exact) mass is 207 g/mol. The Morgan fingerprint density at radius 2 is 2.07 bits per heavy atom. The van der Waals surface area contributed by atoms with Crippen LogP contribution in [0.2, 0.25) is 0 Å². The van der Waals surface area contributed by atoms with Gasteiger partial charge in [0.15, 0.2) is 0 Å². The number of piperidine rings is 1. The summed E-state index contributed by atoms with van der Waals surface area (Å²) in [6.07, 6.45) is 1.41. The number of aryl methyl sites for hydroxylation is 2. The van der Waals surface area contributed by atoms with Gasteiger partial charge in [-0.1, -0.05) is 0 Å². The van der Waals surface area contributed by atoms with Crippen molar-refractivity contribution in [2.75, 3.05) is 13.1 Å². The number of carbonyl (C=O) groups excluding carboxylic acids is 1. The molecule has 0 aliphatic carbocycles. The summed E-state index contributed by atoms with van der Waals surface area (Å²) in [5.41, 5.74) is 2.28. The first-order valence-corrected chi connectivity index (χ1v) is 5.39. The van der Waals surface area contributed by atoms with Crippen LogP contribution in [0.15, 0.2) is 6.07 Å². The highest BCUT2D eigenvalue weighted by atomic mass is 16.1. The summed E-state index contributed by atoms with van der Waals surface area (Å²) in [5, 5.41) is 4.31. The lowest BCUT2D eigenvalue weighted by molar-refractivity contribution is -0.121. The van der Waals surface area contributed by atoms with Crippen molar-refractivity contribution in [1.82, 2.24) is 14.7 Å². The van der Waals surface area contributed by atoms with E-state index in [0.717, 1.165) is 25.3 Å². The Kier molecular flexibility index (Phi) is 2.86. The van der Waals surface area contributed by atoms with Crippen molar-refractivity contribution in [3.05, 3.63) is 17.5 Å². The van der Waals surface area contributed by atoms with E-state index in [0.29, 0.717) is 18.6 Å². The molecule has 0 aromatic carbocycles. The molecule has 1 saturated heterocycles. The van der Waals surface area contributed by atoms with Gasteiger partial charge >= 0.3 is 0 Å². The van der Waals surface area contributed by atoms with Gasteiger partial charge in [-0.15, -0.1) is 0 Å². The maximum Gasteiger partial charge on any atom is 0.135 e. The number of ketones is 1. The van der Waals surface area contributed by atoms with Crippen LogP contribution in [-0.2, 0) is 18.4 Å². The second kappa shape index (κ2) is 4.14. The normalized spacial score (nSPS) is 18.4. The van der Waals surface area contributed by atoms with E-state index in [1.165, 1.54) is 5.69 Å². The van der Waals surface area contributed by atoms with Crippen molar-refractivity contribution in [3.63, 3.8) is 0 Å². The van der Waals surface area contributed by atoms with Gasteiger partial charge in [0, 0.05) is 39.5 Å². The number of nitrogens with zero attached hydrogens (tertiary/aromatic N) is 3. The van der Waals surface area contributed by atoms with Gasteiger partial charge in [0.2, 0.25) is 0 Å². The average Bonchev–Trinajstić information content (AvgIpc) is 2.49. The Bertz CT molecular complexity index is 360. The van der Waals surface area contributed by atoms with E-state index in [2.05, 4.69) is 16.1 Å². The smallest absolute Gasteiger partial charge is 0.135 e. The van der Waals surface area contributed by atoms with Crippen molar-refractivity contribution in [3.8, 4) is 0 Å². The fourth-order valence-electron chi connectivity index (χ4n) is 2.00. The minimum absolute atomic E-state index is 0.396. The number of hydrogen-bond donors (Lipinski definition) is 0. The molecule has 0 unspecified atom stereocenters. The molecule has 1 aromatic heterocycles. The lowest BCUT2D eigenvalue weighted by atomic mass is 10.1. The van der Waals surface area contributed by atoms with Crippen LogP contribution < -0.4 is 0 Å². The van der Waals surface area contributed by atoms with Gasteiger partial charge in [-0.25, -0.2) is 0 Å². The molecule has 82 valence electrons. The fourth-order valence-corrected chi connectivity index (χ4v) is 2.00. The summed E-state index contributed by atoms with van der Waals surface area (Å²) < 4.78 is 1.92. The third-order valence-corrected chi connectivity index (χ3v) is 2.90. The first-order chi connectivity index (χ1) is 7.15. The van der Waals surface area contributed by atoms with Crippen molar-refractivity contribution in [2.45, 2.75) is 26.3 Å². The van der Waals surface area contributed by atoms with Crippen LogP contribution >= 0.6 is 0 Å². The van der Waals surface area contributed by atoms with Crippen molar-refractivity contribution >= 4 is 5.78 Å². The Hall–Kier alpha value is -1.16. The minimum atomic E-state index is 0.396. The SMILES string of the molecule is Cc1cc(CN2CCC(=O)CC2)n(C)n1. The third-order valence-electron chi connectivity index (χ3n) is 2.90. The summed E-state index contributed by atoms with van der Waals surface area (Å²) >= 11 is 0. The number of Topliss-reactive ketones (excluding diaryl/α,β-unsaturated/α-hetero) is 1. The van der Waals surface area contributed by atoms with Crippen molar-refractivity contribution in [2.24, 2.45) is 7.05 Å². The Morgan fingerprint density at radius 3 is 2.60 bits per heavy atom. The van der Waals surface area contributed by atoms with E-state index in [1.807, 2.05) is 18.7 Å². The molecule has 0 amide bonds. The molecule has 0 radical (unpaired) electrons. The van der Waals surface area contributed by atoms with E-state index >= 15 is 0 Å². The highest BCUT2D eigenvalue weighted by Gasteiger charge is 2.17. The highest BCUT2D eigenvalue weighted by molar-refractivity contribution is 5.79. The van der Waals surface area contributed by atoms with E-state index in [4.69, 9.17) is 0 Å². The van der Waals surface area contributed by atoms with Gasteiger partial charge in [-0.2, -0.15) is 5.10 Å². The van der Waals surface area contributed by atoms with Gasteiger partial charge in [0.05, 0.1) is 11.4 Å². The zero-order chi connectivity index (χ0) is 10.8. The summed E-state index contributed by atoms with van der Waals surface area (Å²) in [5.74, 6) is 0.396. The minimum Gasteiger partial charge on any atom is -0.300 e. The molecule has 1 aliphatic rings. The zero-order valence-corrected chi connectivity index (χ0v) is 9.36. The van der Waals surface area contributed by atoms with Crippen LogP contribution in [0, 0.1) is 6.92 Å². The number of hydrogen-bond acceptors (Lipinski definition) is 3. The largest absolute Gasteiger partial charge is 0.300 e. The highest BCUT2D eigenvalue weighted by Crippen LogP contribution is 2.11. The molecule has 1 fully saturated rings. The van der Waals surface area contributed by atoms with E-state index in [-0.39, 0.29) is 0 Å². The van der Waals surface area contributed by atoms with Crippen LogP contribution in [0.4, 0.5) is 0 Å². The predicted molar refractivity (Wildman–Crippen MR) is 57.5 cm³/mol. The molecule has 0 saturated carbocycles. The van der Waals surface area contributed by atoms with Gasteiger partial charge in [-0.3, -0.25) is 14.4 Å². The van der Waals surface area contributed by atoms with Gasteiger partial charge in [0.25, 0.3) is 0 Å². The molecule has 0 N–H and O–H groups in total. The second-order valence-electron chi connectivity index (χ2n) is 4.22. The standard InChI is InChI=1S/C11H17N3O/c1-9-7-10(13(2)12-9)8-14-5-3-11(15)4-6-14/h7H,3-6,8H2,1-2H3. The maximum absolute atomic E-state index is 11.1.